The molecule has 0 heterocycles. The molecule has 0 saturated heterocycles. The third-order valence-corrected chi connectivity index (χ3v) is 8.55. The van der Waals surface area contributed by atoms with Gasteiger partial charge < -0.3 is 13.3 Å². The lowest BCUT2D eigenvalue weighted by molar-refractivity contribution is 0.0566. The van der Waals surface area contributed by atoms with Gasteiger partial charge in [0, 0.05) is 49.4 Å². The lowest BCUT2D eigenvalue weighted by Gasteiger charge is -2.29. The molecule has 0 aliphatic heterocycles. The lowest BCUT2D eigenvalue weighted by atomic mass is 10.2. The van der Waals surface area contributed by atoms with E-state index >= 15 is 0 Å². The van der Waals surface area contributed by atoms with Crippen molar-refractivity contribution in [2.24, 2.45) is 0 Å². The van der Waals surface area contributed by atoms with Crippen molar-refractivity contribution < 1.29 is 13.3 Å². The van der Waals surface area contributed by atoms with Crippen LogP contribution in [0.4, 0.5) is 0 Å². The van der Waals surface area contributed by atoms with Crippen LogP contribution >= 0.6 is 46.4 Å². The van der Waals surface area contributed by atoms with E-state index in [2.05, 4.69) is 0 Å². The molecule has 8 heteroatoms. The van der Waals surface area contributed by atoms with E-state index in [0.717, 1.165) is 94.7 Å². The third-order valence-electron chi connectivity index (χ3n) is 4.45. The molecule has 28 heavy (non-hydrogen) atoms. The Balaban J connectivity index is 4.39. The van der Waals surface area contributed by atoms with Crippen LogP contribution in [0.1, 0.15) is 77.0 Å². The fourth-order valence-electron chi connectivity index (χ4n) is 2.79. The van der Waals surface area contributed by atoms with Crippen molar-refractivity contribution in [1.82, 2.24) is 0 Å². The number of halogens is 4. The molecule has 0 bridgehead atoms. The second kappa shape index (κ2) is 22.9. The van der Waals surface area contributed by atoms with Crippen molar-refractivity contribution in [3.8, 4) is 0 Å². The minimum atomic E-state index is -2.71. The zero-order valence-electron chi connectivity index (χ0n) is 17.4. The van der Waals surface area contributed by atoms with Crippen LogP contribution in [0.15, 0.2) is 0 Å². The zero-order valence-corrected chi connectivity index (χ0v) is 21.4. The Bertz CT molecular complexity index is 274. The molecular formula is C20H40Cl4O3Si. The van der Waals surface area contributed by atoms with Crippen LogP contribution in [0.5, 0.6) is 0 Å². The summed E-state index contributed by atoms with van der Waals surface area (Å²) in [5.74, 6) is 2.68. The highest BCUT2D eigenvalue weighted by atomic mass is 35.5. The molecule has 0 unspecified atom stereocenters. The van der Waals surface area contributed by atoms with Crippen LogP contribution in [0.2, 0.25) is 6.04 Å². The van der Waals surface area contributed by atoms with E-state index in [1.165, 1.54) is 0 Å². The van der Waals surface area contributed by atoms with Crippen molar-refractivity contribution in [1.29, 1.82) is 0 Å². The van der Waals surface area contributed by atoms with Gasteiger partial charge in [-0.05, 0) is 38.5 Å². The summed E-state index contributed by atoms with van der Waals surface area (Å²) in [6.07, 6.45) is 13.0. The van der Waals surface area contributed by atoms with Gasteiger partial charge in [0.05, 0.1) is 0 Å². The number of unbranched alkanes of at least 4 members (excludes halogenated alkanes) is 9. The fourth-order valence-corrected chi connectivity index (χ4v) is 6.33. The molecule has 0 fully saturated rings. The summed E-state index contributed by atoms with van der Waals surface area (Å²) in [6.45, 7) is 2.01. The zero-order chi connectivity index (χ0) is 20.8. The fraction of sp³-hybridized carbons (Fsp3) is 1.00. The lowest BCUT2D eigenvalue weighted by Crippen LogP contribution is -2.47. The molecule has 0 aromatic carbocycles. The Morgan fingerprint density at radius 3 is 1.00 bits per heavy atom. The van der Waals surface area contributed by atoms with E-state index in [1.807, 2.05) is 0 Å². The summed E-state index contributed by atoms with van der Waals surface area (Å²) in [6, 6.07) is 0.666. The van der Waals surface area contributed by atoms with E-state index in [4.69, 9.17) is 59.7 Å². The molecule has 0 saturated carbocycles. The van der Waals surface area contributed by atoms with Gasteiger partial charge >= 0.3 is 8.80 Å². The molecule has 0 aliphatic rings. The van der Waals surface area contributed by atoms with Gasteiger partial charge in [-0.2, -0.15) is 0 Å². The van der Waals surface area contributed by atoms with Gasteiger partial charge in [-0.25, -0.2) is 0 Å². The van der Waals surface area contributed by atoms with Gasteiger partial charge in [0.25, 0.3) is 0 Å². The molecule has 0 radical (unpaired) electrons. The van der Waals surface area contributed by atoms with E-state index in [0.29, 0.717) is 31.7 Å². The van der Waals surface area contributed by atoms with Crippen molar-refractivity contribution in [2.45, 2.75) is 83.1 Å². The number of hydrogen-bond donors (Lipinski definition) is 0. The van der Waals surface area contributed by atoms with Crippen LogP contribution in [-0.2, 0) is 13.3 Å². The molecule has 0 aliphatic carbocycles. The highest BCUT2D eigenvalue weighted by Gasteiger charge is 2.40. The number of hydrogen-bond acceptors (Lipinski definition) is 3. The van der Waals surface area contributed by atoms with Crippen molar-refractivity contribution >= 4 is 55.2 Å². The maximum Gasteiger partial charge on any atom is 0.502 e. The Morgan fingerprint density at radius 1 is 0.393 bits per heavy atom. The van der Waals surface area contributed by atoms with E-state index in [9.17, 15) is 0 Å². The summed E-state index contributed by atoms with van der Waals surface area (Å²) in [5, 5.41) is 0. The number of alkyl halides is 4. The predicted molar refractivity (Wildman–Crippen MR) is 127 cm³/mol. The Morgan fingerprint density at radius 2 is 0.714 bits per heavy atom. The Kier molecular flexibility index (Phi) is 24.0. The SMILES string of the molecule is ClCCCCCCO[Si](CCCl)(OCCCCCCCl)OCCCCCCCl. The normalized spacial score (nSPS) is 12.0. The summed E-state index contributed by atoms with van der Waals surface area (Å²) in [7, 11) is -2.71. The van der Waals surface area contributed by atoms with Crippen LogP contribution in [0, 0.1) is 0 Å². The average Bonchev–Trinajstić information content (AvgIpc) is 2.70. The molecular weight excluding hydrogens is 458 g/mol. The molecule has 0 atom stereocenters. The molecule has 0 rings (SSSR count). The van der Waals surface area contributed by atoms with Crippen molar-refractivity contribution in [2.75, 3.05) is 43.3 Å². The summed E-state index contributed by atoms with van der Waals surface area (Å²) < 4.78 is 18.7. The average molecular weight is 498 g/mol. The largest absolute Gasteiger partial charge is 0.502 e. The maximum atomic E-state index is 6.24. The first kappa shape index (κ1) is 29.3. The van der Waals surface area contributed by atoms with E-state index < -0.39 is 8.80 Å². The summed E-state index contributed by atoms with van der Waals surface area (Å²) >= 11 is 23.3. The minimum absolute atomic E-state index is 0.497. The monoisotopic (exact) mass is 496 g/mol. The highest BCUT2D eigenvalue weighted by molar-refractivity contribution is 6.61. The highest BCUT2D eigenvalue weighted by Crippen LogP contribution is 2.20. The first-order valence-corrected chi connectivity index (χ1v) is 15.0. The summed E-state index contributed by atoms with van der Waals surface area (Å²) in [4.78, 5) is 0. The standard InChI is InChI=1S/C20H40Cl4O3Si/c21-13-7-1-4-10-17-25-28(20-16-24,26-18-11-5-2-8-14-22)27-19-12-6-3-9-15-23/h1-20H2. The van der Waals surface area contributed by atoms with Crippen LogP contribution in [-0.4, -0.2) is 52.1 Å². The van der Waals surface area contributed by atoms with E-state index in [-0.39, 0.29) is 0 Å². The first-order valence-electron chi connectivity index (χ1n) is 10.9. The first-order chi connectivity index (χ1) is 13.7. The van der Waals surface area contributed by atoms with Gasteiger partial charge in [0.2, 0.25) is 0 Å². The van der Waals surface area contributed by atoms with Crippen LogP contribution < -0.4 is 0 Å². The van der Waals surface area contributed by atoms with Crippen molar-refractivity contribution in [3.63, 3.8) is 0 Å². The minimum Gasteiger partial charge on any atom is -0.373 e. The van der Waals surface area contributed by atoms with Crippen molar-refractivity contribution in [3.05, 3.63) is 0 Å². The van der Waals surface area contributed by atoms with E-state index in [1.54, 1.807) is 0 Å². The Hall–Kier alpha value is 1.26. The maximum absolute atomic E-state index is 6.24. The predicted octanol–water partition coefficient (Wildman–Crippen LogP) is 7.61. The van der Waals surface area contributed by atoms with Gasteiger partial charge in [-0.1, -0.05) is 38.5 Å². The van der Waals surface area contributed by atoms with Gasteiger partial charge in [0.1, 0.15) is 0 Å². The quantitative estimate of drug-likeness (QED) is 0.0825. The topological polar surface area (TPSA) is 27.7 Å². The molecule has 0 aromatic rings. The molecule has 0 spiro atoms. The molecule has 170 valence electrons. The smallest absolute Gasteiger partial charge is 0.373 e. The molecule has 0 N–H and O–H groups in total. The second-order valence-corrected chi connectivity index (χ2v) is 11.2. The summed E-state index contributed by atoms with van der Waals surface area (Å²) in [5.41, 5.74) is 0. The molecule has 0 amide bonds. The molecule has 0 aromatic heterocycles. The van der Waals surface area contributed by atoms with Gasteiger partial charge in [-0.15, -0.1) is 46.4 Å². The van der Waals surface area contributed by atoms with Crippen LogP contribution in [0.3, 0.4) is 0 Å². The van der Waals surface area contributed by atoms with Gasteiger partial charge in [-0.3, -0.25) is 0 Å². The third kappa shape index (κ3) is 18.1. The van der Waals surface area contributed by atoms with Crippen LogP contribution in [0.25, 0.3) is 0 Å². The second-order valence-electron chi connectivity index (χ2n) is 6.98. The Labute approximate surface area is 194 Å². The molecule has 3 nitrogen and oxygen atoms in total. The van der Waals surface area contributed by atoms with Gasteiger partial charge in [0.15, 0.2) is 0 Å². The number of rotatable bonds is 23.